The highest BCUT2D eigenvalue weighted by Gasteiger charge is 2.08. The molecular formula is C16H19NO2S. The van der Waals surface area contributed by atoms with Crippen molar-refractivity contribution in [1.82, 2.24) is 4.98 Å². The maximum Gasteiger partial charge on any atom is 0.306 e. The van der Waals surface area contributed by atoms with E-state index in [1.807, 2.05) is 12.3 Å². The van der Waals surface area contributed by atoms with Crippen molar-refractivity contribution in [2.45, 2.75) is 33.6 Å². The highest BCUT2D eigenvalue weighted by molar-refractivity contribution is 7.13. The molecule has 0 spiro atoms. The van der Waals surface area contributed by atoms with Crippen molar-refractivity contribution in [3.05, 3.63) is 40.4 Å². The van der Waals surface area contributed by atoms with Gasteiger partial charge in [-0.2, -0.15) is 0 Å². The number of hydrogen-bond acceptors (Lipinski definition) is 4. The number of carbonyl (C=O) groups excluding carboxylic acids is 1. The van der Waals surface area contributed by atoms with Crippen LogP contribution in [0, 0.1) is 13.8 Å². The molecule has 2 aromatic rings. The van der Waals surface area contributed by atoms with E-state index in [0.717, 1.165) is 16.3 Å². The third kappa shape index (κ3) is 3.67. The highest BCUT2D eigenvalue weighted by Crippen LogP contribution is 2.26. The molecule has 0 aliphatic rings. The first-order valence-corrected chi connectivity index (χ1v) is 7.65. The summed E-state index contributed by atoms with van der Waals surface area (Å²) in [6, 6.07) is 6.37. The number of carbonyl (C=O) groups is 1. The van der Waals surface area contributed by atoms with Crippen LogP contribution in [-0.4, -0.2) is 17.6 Å². The number of esters is 1. The fraction of sp³-hybridized carbons (Fsp3) is 0.375. The average molecular weight is 289 g/mol. The summed E-state index contributed by atoms with van der Waals surface area (Å²) >= 11 is 1.62. The van der Waals surface area contributed by atoms with Gasteiger partial charge in [0.05, 0.1) is 18.7 Å². The Kier molecular flexibility index (Phi) is 4.90. The van der Waals surface area contributed by atoms with E-state index in [9.17, 15) is 4.79 Å². The standard InChI is InChI=1S/C16H19NO2S/c1-4-19-15(18)8-7-14-10-20-16(17-14)13-6-5-11(2)12(3)9-13/h5-6,9-10H,4,7-8H2,1-3H3. The van der Waals surface area contributed by atoms with Crippen molar-refractivity contribution >= 4 is 17.3 Å². The van der Waals surface area contributed by atoms with Crippen LogP contribution in [0.25, 0.3) is 10.6 Å². The lowest BCUT2D eigenvalue weighted by Gasteiger charge is -2.02. The third-order valence-electron chi connectivity index (χ3n) is 3.20. The van der Waals surface area contributed by atoms with Gasteiger partial charge in [-0.3, -0.25) is 4.79 Å². The summed E-state index contributed by atoms with van der Waals surface area (Å²) in [6.07, 6.45) is 1.03. The van der Waals surface area contributed by atoms with E-state index >= 15 is 0 Å². The minimum absolute atomic E-state index is 0.159. The van der Waals surface area contributed by atoms with Gasteiger partial charge in [0, 0.05) is 17.4 Å². The molecule has 1 aromatic heterocycles. The Morgan fingerprint density at radius 2 is 2.10 bits per heavy atom. The average Bonchev–Trinajstić information content (AvgIpc) is 2.89. The first-order chi connectivity index (χ1) is 9.60. The Morgan fingerprint density at radius 3 is 2.80 bits per heavy atom. The molecule has 0 aliphatic carbocycles. The summed E-state index contributed by atoms with van der Waals surface area (Å²) < 4.78 is 4.92. The van der Waals surface area contributed by atoms with E-state index in [2.05, 4.69) is 37.0 Å². The van der Waals surface area contributed by atoms with Gasteiger partial charge in [-0.05, 0) is 38.0 Å². The van der Waals surface area contributed by atoms with Crippen molar-refractivity contribution in [3.63, 3.8) is 0 Å². The molecule has 0 saturated heterocycles. The molecule has 0 radical (unpaired) electrons. The second kappa shape index (κ2) is 6.66. The third-order valence-corrected chi connectivity index (χ3v) is 4.14. The van der Waals surface area contributed by atoms with E-state index in [0.29, 0.717) is 19.4 Å². The minimum atomic E-state index is -0.159. The van der Waals surface area contributed by atoms with Crippen LogP contribution in [0.3, 0.4) is 0 Å². The number of rotatable bonds is 5. The predicted molar refractivity (Wildman–Crippen MR) is 82.0 cm³/mol. The molecule has 3 nitrogen and oxygen atoms in total. The van der Waals surface area contributed by atoms with E-state index in [1.54, 1.807) is 11.3 Å². The molecule has 0 aliphatic heterocycles. The Labute approximate surface area is 123 Å². The molecule has 2 rings (SSSR count). The van der Waals surface area contributed by atoms with Crippen molar-refractivity contribution in [2.24, 2.45) is 0 Å². The fourth-order valence-corrected chi connectivity index (χ4v) is 2.74. The lowest BCUT2D eigenvalue weighted by atomic mass is 10.1. The normalized spacial score (nSPS) is 10.6. The number of hydrogen-bond donors (Lipinski definition) is 0. The summed E-state index contributed by atoms with van der Waals surface area (Å²) in [5.41, 5.74) is 4.65. The Hall–Kier alpha value is -1.68. The first kappa shape index (κ1) is 14.7. The molecule has 0 bridgehead atoms. The summed E-state index contributed by atoms with van der Waals surface area (Å²) in [5, 5.41) is 3.02. The largest absolute Gasteiger partial charge is 0.466 e. The summed E-state index contributed by atoms with van der Waals surface area (Å²) in [6.45, 7) is 6.46. The monoisotopic (exact) mass is 289 g/mol. The van der Waals surface area contributed by atoms with Gasteiger partial charge in [0.25, 0.3) is 0 Å². The van der Waals surface area contributed by atoms with Crippen LogP contribution in [0.15, 0.2) is 23.6 Å². The molecule has 1 heterocycles. The molecule has 0 fully saturated rings. The molecule has 106 valence electrons. The molecule has 0 atom stereocenters. The zero-order chi connectivity index (χ0) is 14.5. The number of benzene rings is 1. The SMILES string of the molecule is CCOC(=O)CCc1csc(-c2ccc(C)c(C)c2)n1. The van der Waals surface area contributed by atoms with Crippen LogP contribution >= 0.6 is 11.3 Å². The van der Waals surface area contributed by atoms with E-state index in [4.69, 9.17) is 4.74 Å². The molecule has 0 unspecified atom stereocenters. The molecular weight excluding hydrogens is 270 g/mol. The lowest BCUT2D eigenvalue weighted by Crippen LogP contribution is -2.05. The van der Waals surface area contributed by atoms with E-state index in [1.165, 1.54) is 11.1 Å². The number of thiazole rings is 1. The zero-order valence-electron chi connectivity index (χ0n) is 12.1. The van der Waals surface area contributed by atoms with Gasteiger partial charge in [-0.25, -0.2) is 4.98 Å². The second-order valence-electron chi connectivity index (χ2n) is 4.75. The van der Waals surface area contributed by atoms with Crippen LogP contribution in [-0.2, 0) is 16.0 Å². The topological polar surface area (TPSA) is 39.2 Å². The van der Waals surface area contributed by atoms with E-state index in [-0.39, 0.29) is 5.97 Å². The zero-order valence-corrected chi connectivity index (χ0v) is 12.9. The molecule has 1 aromatic carbocycles. The van der Waals surface area contributed by atoms with Gasteiger partial charge in [0.15, 0.2) is 0 Å². The Bertz CT molecular complexity index is 604. The predicted octanol–water partition coefficient (Wildman–Crippen LogP) is 3.92. The van der Waals surface area contributed by atoms with E-state index < -0.39 is 0 Å². The van der Waals surface area contributed by atoms with Gasteiger partial charge in [0.2, 0.25) is 0 Å². The van der Waals surface area contributed by atoms with Crippen LogP contribution in [0.5, 0.6) is 0 Å². The van der Waals surface area contributed by atoms with Gasteiger partial charge in [-0.1, -0.05) is 12.1 Å². The van der Waals surface area contributed by atoms with Gasteiger partial charge < -0.3 is 4.74 Å². The molecule has 0 saturated carbocycles. The first-order valence-electron chi connectivity index (χ1n) is 6.77. The van der Waals surface area contributed by atoms with Crippen molar-refractivity contribution in [2.75, 3.05) is 6.61 Å². The number of aromatic nitrogens is 1. The highest BCUT2D eigenvalue weighted by atomic mass is 32.1. The maximum atomic E-state index is 11.3. The number of nitrogens with zero attached hydrogens (tertiary/aromatic N) is 1. The molecule has 4 heteroatoms. The van der Waals surface area contributed by atoms with Crippen molar-refractivity contribution in [1.29, 1.82) is 0 Å². The Morgan fingerprint density at radius 1 is 1.30 bits per heavy atom. The van der Waals surface area contributed by atoms with Crippen LogP contribution in [0.2, 0.25) is 0 Å². The minimum Gasteiger partial charge on any atom is -0.466 e. The number of aryl methyl sites for hydroxylation is 3. The summed E-state index contributed by atoms with van der Waals surface area (Å²) in [5.74, 6) is -0.159. The quantitative estimate of drug-likeness (QED) is 0.783. The van der Waals surface area contributed by atoms with Crippen molar-refractivity contribution in [3.8, 4) is 10.6 Å². The molecule has 20 heavy (non-hydrogen) atoms. The fourth-order valence-electron chi connectivity index (χ4n) is 1.89. The van der Waals surface area contributed by atoms with Crippen LogP contribution in [0.4, 0.5) is 0 Å². The Balaban J connectivity index is 2.05. The summed E-state index contributed by atoms with van der Waals surface area (Å²) in [4.78, 5) is 15.9. The second-order valence-corrected chi connectivity index (χ2v) is 5.61. The maximum absolute atomic E-state index is 11.3. The number of ether oxygens (including phenoxy) is 1. The van der Waals surface area contributed by atoms with Gasteiger partial charge >= 0.3 is 5.97 Å². The lowest BCUT2D eigenvalue weighted by molar-refractivity contribution is -0.143. The smallest absolute Gasteiger partial charge is 0.306 e. The van der Waals surface area contributed by atoms with Gasteiger partial charge in [-0.15, -0.1) is 11.3 Å². The van der Waals surface area contributed by atoms with Gasteiger partial charge in [0.1, 0.15) is 5.01 Å². The summed E-state index contributed by atoms with van der Waals surface area (Å²) in [7, 11) is 0. The van der Waals surface area contributed by atoms with Crippen LogP contribution < -0.4 is 0 Å². The van der Waals surface area contributed by atoms with Crippen LogP contribution in [0.1, 0.15) is 30.2 Å². The molecule has 0 amide bonds. The molecule has 0 N–H and O–H groups in total. The van der Waals surface area contributed by atoms with Crippen molar-refractivity contribution < 1.29 is 9.53 Å².